The molecular formula is C23H36N4O6. The van der Waals surface area contributed by atoms with Gasteiger partial charge in [0.15, 0.2) is 0 Å². The van der Waals surface area contributed by atoms with Crippen molar-refractivity contribution in [3.05, 3.63) is 23.9 Å². The number of nitrogens with one attached hydrogen (secondary N) is 2. The number of hydrogen-bond donors (Lipinski definition) is 2. The van der Waals surface area contributed by atoms with E-state index in [-0.39, 0.29) is 37.7 Å². The van der Waals surface area contributed by atoms with Gasteiger partial charge in [-0.3, -0.25) is 19.2 Å². The Morgan fingerprint density at radius 2 is 1.94 bits per heavy atom. The lowest BCUT2D eigenvalue weighted by Gasteiger charge is -2.24. The van der Waals surface area contributed by atoms with Gasteiger partial charge in [0.25, 0.3) is 0 Å². The van der Waals surface area contributed by atoms with E-state index in [9.17, 15) is 24.0 Å². The second-order valence-electron chi connectivity index (χ2n) is 8.99. The van der Waals surface area contributed by atoms with Gasteiger partial charge in [0, 0.05) is 50.8 Å². The largest absolute Gasteiger partial charge is 0.458 e. The van der Waals surface area contributed by atoms with Crippen molar-refractivity contribution in [3.63, 3.8) is 0 Å². The average molecular weight is 465 g/mol. The summed E-state index contributed by atoms with van der Waals surface area (Å²) < 4.78 is 5.39. The maximum Gasteiger partial charge on any atom is 0.329 e. The van der Waals surface area contributed by atoms with E-state index in [0.717, 1.165) is 5.70 Å². The van der Waals surface area contributed by atoms with Gasteiger partial charge < -0.3 is 25.2 Å². The molecule has 1 aliphatic rings. The van der Waals surface area contributed by atoms with E-state index in [1.807, 2.05) is 0 Å². The predicted octanol–water partition coefficient (Wildman–Crippen LogP) is 0.880. The predicted molar refractivity (Wildman–Crippen MR) is 123 cm³/mol. The molecule has 0 aromatic rings. The molecule has 1 rings (SSSR count). The Kier molecular flexibility index (Phi) is 10.8. The zero-order valence-corrected chi connectivity index (χ0v) is 20.2. The van der Waals surface area contributed by atoms with Crippen LogP contribution in [0.25, 0.3) is 0 Å². The van der Waals surface area contributed by atoms with E-state index < -0.39 is 23.5 Å². The van der Waals surface area contributed by atoms with E-state index in [2.05, 4.69) is 17.2 Å². The van der Waals surface area contributed by atoms with Gasteiger partial charge in [-0.15, -0.1) is 0 Å². The quantitative estimate of drug-likeness (QED) is 0.251. The molecule has 0 aliphatic carbocycles. The van der Waals surface area contributed by atoms with Crippen molar-refractivity contribution in [2.45, 2.75) is 65.0 Å². The number of hydrogen-bond acceptors (Lipinski definition) is 6. The van der Waals surface area contributed by atoms with Crippen molar-refractivity contribution in [1.29, 1.82) is 0 Å². The minimum atomic E-state index is -1.02. The van der Waals surface area contributed by atoms with Crippen LogP contribution in [0.15, 0.2) is 23.9 Å². The van der Waals surface area contributed by atoms with E-state index in [1.165, 1.54) is 4.90 Å². The summed E-state index contributed by atoms with van der Waals surface area (Å²) in [4.78, 5) is 62.8. The second-order valence-corrected chi connectivity index (χ2v) is 8.99. The Hall–Kier alpha value is -3.17. The highest BCUT2D eigenvalue weighted by Crippen LogP contribution is 2.19. The van der Waals surface area contributed by atoms with Gasteiger partial charge in [-0.1, -0.05) is 12.7 Å². The normalized spacial score (nSPS) is 15.2. The lowest BCUT2D eigenvalue weighted by Crippen LogP contribution is -2.45. The second kappa shape index (κ2) is 12.8. The van der Waals surface area contributed by atoms with Gasteiger partial charge in [0.2, 0.25) is 24.1 Å². The molecule has 10 nitrogen and oxygen atoms in total. The zero-order valence-electron chi connectivity index (χ0n) is 20.2. The monoisotopic (exact) mass is 464 g/mol. The molecule has 1 saturated heterocycles. The van der Waals surface area contributed by atoms with Crippen LogP contribution in [-0.4, -0.2) is 78.2 Å². The first kappa shape index (κ1) is 27.9. The molecule has 0 aromatic heterocycles. The van der Waals surface area contributed by atoms with Gasteiger partial charge in [-0.25, -0.2) is 4.79 Å². The number of allylic oxidation sites excluding steroid dienone is 1. The Labute approximate surface area is 195 Å². The summed E-state index contributed by atoms with van der Waals surface area (Å²) in [6.45, 7) is 11.4. The van der Waals surface area contributed by atoms with Crippen LogP contribution >= 0.6 is 0 Å². The maximum atomic E-state index is 12.6. The summed E-state index contributed by atoms with van der Waals surface area (Å²) in [6, 6.07) is -1.02. The fourth-order valence-corrected chi connectivity index (χ4v) is 2.96. The van der Waals surface area contributed by atoms with Crippen LogP contribution in [0.5, 0.6) is 0 Å². The van der Waals surface area contributed by atoms with E-state index in [4.69, 9.17) is 4.74 Å². The number of carbonyl (C=O) groups excluding carboxylic acids is 5. The lowest BCUT2D eigenvalue weighted by molar-refractivity contribution is -0.158. The molecule has 0 radical (unpaired) electrons. The van der Waals surface area contributed by atoms with Crippen molar-refractivity contribution >= 4 is 30.1 Å². The van der Waals surface area contributed by atoms with Gasteiger partial charge in [0.05, 0.1) is 0 Å². The molecule has 0 saturated carbocycles. The lowest BCUT2D eigenvalue weighted by atomic mass is 10.1. The summed E-state index contributed by atoms with van der Waals surface area (Å²) >= 11 is 0. The molecule has 1 atom stereocenters. The van der Waals surface area contributed by atoms with E-state index >= 15 is 0 Å². The number of esters is 1. The number of ether oxygens (including phenoxy) is 1. The van der Waals surface area contributed by atoms with Crippen LogP contribution in [-0.2, 0) is 28.7 Å². The maximum absolute atomic E-state index is 12.6. The summed E-state index contributed by atoms with van der Waals surface area (Å²) in [7, 11) is 1.58. The van der Waals surface area contributed by atoms with Crippen molar-refractivity contribution in [1.82, 2.24) is 20.4 Å². The first-order valence-corrected chi connectivity index (χ1v) is 10.9. The topological polar surface area (TPSA) is 125 Å². The van der Waals surface area contributed by atoms with Gasteiger partial charge >= 0.3 is 5.97 Å². The summed E-state index contributed by atoms with van der Waals surface area (Å²) in [6.07, 6.45) is 3.29. The number of likely N-dealkylation sites (N-methyl/N-ethyl adjacent to an activating group) is 1. The highest BCUT2D eigenvalue weighted by molar-refractivity contribution is 5.95. The molecule has 4 amide bonds. The fraction of sp³-hybridized carbons (Fsp3) is 0.609. The third-order valence-corrected chi connectivity index (χ3v) is 4.85. The number of amides is 4. The number of carbonyl (C=O) groups is 5. The first-order valence-electron chi connectivity index (χ1n) is 10.9. The minimum absolute atomic E-state index is 0.00953. The molecule has 0 bridgehead atoms. The van der Waals surface area contributed by atoms with Crippen molar-refractivity contribution in [2.75, 3.05) is 26.7 Å². The van der Waals surface area contributed by atoms with Crippen LogP contribution in [0, 0.1) is 0 Å². The SMILES string of the molecule is C=C1CCC(=O)N1CCNC(=O)CC[C@@H](NC(=O)/C(C)=C/CN(C)C=O)C(=O)OC(C)(C)C. The first-order chi connectivity index (χ1) is 15.3. The van der Waals surface area contributed by atoms with Gasteiger partial charge in [-0.05, 0) is 40.5 Å². The Morgan fingerprint density at radius 3 is 2.48 bits per heavy atom. The Bertz CT molecular complexity index is 783. The van der Waals surface area contributed by atoms with Gasteiger partial charge in [0.1, 0.15) is 11.6 Å². The fourth-order valence-electron chi connectivity index (χ4n) is 2.96. The van der Waals surface area contributed by atoms with Crippen molar-refractivity contribution in [3.8, 4) is 0 Å². The molecule has 33 heavy (non-hydrogen) atoms. The number of nitrogens with zero attached hydrogens (tertiary/aromatic N) is 2. The van der Waals surface area contributed by atoms with Crippen LogP contribution < -0.4 is 10.6 Å². The standard InChI is InChI=1S/C23H36N4O6/c1-16(11-13-26(6)15-28)21(31)25-18(22(32)33-23(3,4)5)8-9-19(29)24-12-14-27-17(2)7-10-20(27)30/h11,15,18H,2,7-10,12-14H2,1,3-6H3,(H,24,29)(H,25,31)/b16-11+/t18-/m1/s1. The molecule has 1 fully saturated rings. The molecule has 2 N–H and O–H groups in total. The van der Waals surface area contributed by atoms with E-state index in [0.29, 0.717) is 31.4 Å². The van der Waals surface area contributed by atoms with Crippen LogP contribution in [0.3, 0.4) is 0 Å². The number of likely N-dealkylation sites (tertiary alicyclic amines) is 1. The van der Waals surface area contributed by atoms with Crippen LogP contribution in [0.2, 0.25) is 0 Å². The summed E-state index contributed by atoms with van der Waals surface area (Å²) in [5.41, 5.74) is 0.312. The molecule has 1 heterocycles. The third kappa shape index (κ3) is 10.3. The summed E-state index contributed by atoms with van der Waals surface area (Å²) in [5, 5.41) is 5.34. The molecular weight excluding hydrogens is 428 g/mol. The molecule has 0 spiro atoms. The highest BCUT2D eigenvalue weighted by Gasteiger charge is 2.28. The highest BCUT2D eigenvalue weighted by atomic mass is 16.6. The summed E-state index contributed by atoms with van der Waals surface area (Å²) in [5.74, 6) is -1.45. The van der Waals surface area contributed by atoms with Crippen molar-refractivity contribution < 1.29 is 28.7 Å². The molecule has 1 aliphatic heterocycles. The number of rotatable bonds is 12. The molecule has 184 valence electrons. The van der Waals surface area contributed by atoms with E-state index in [1.54, 1.807) is 45.7 Å². The minimum Gasteiger partial charge on any atom is -0.458 e. The Morgan fingerprint density at radius 1 is 1.27 bits per heavy atom. The average Bonchev–Trinajstić information content (AvgIpc) is 3.05. The van der Waals surface area contributed by atoms with Gasteiger partial charge in [-0.2, -0.15) is 0 Å². The molecule has 0 aromatic carbocycles. The van der Waals surface area contributed by atoms with Crippen LogP contribution in [0.4, 0.5) is 0 Å². The zero-order chi connectivity index (χ0) is 25.2. The third-order valence-electron chi connectivity index (χ3n) is 4.85. The molecule has 10 heteroatoms. The smallest absolute Gasteiger partial charge is 0.329 e. The van der Waals surface area contributed by atoms with Crippen LogP contribution in [0.1, 0.15) is 53.4 Å². The van der Waals surface area contributed by atoms with Crippen molar-refractivity contribution in [2.24, 2.45) is 0 Å². The molecule has 0 unspecified atom stereocenters. The Balaban J connectivity index is 2.66.